The number of halogens is 1. The van der Waals surface area contributed by atoms with Gasteiger partial charge in [0, 0.05) is 45.0 Å². The summed E-state index contributed by atoms with van der Waals surface area (Å²) in [6, 6.07) is 17.4. The van der Waals surface area contributed by atoms with Crippen molar-refractivity contribution in [2.24, 2.45) is 17.8 Å². The van der Waals surface area contributed by atoms with Crippen LogP contribution in [0.2, 0.25) is 0 Å². The van der Waals surface area contributed by atoms with Gasteiger partial charge in [-0.25, -0.2) is 4.39 Å². The number of benzene rings is 2. The molecule has 1 saturated carbocycles. The third kappa shape index (κ3) is 5.83. The van der Waals surface area contributed by atoms with Gasteiger partial charge in [-0.1, -0.05) is 25.1 Å². The van der Waals surface area contributed by atoms with Crippen molar-refractivity contribution < 1.29 is 18.7 Å². The molecule has 2 aliphatic heterocycles. The fraction of sp³-hybridized carbons (Fsp3) is 0.452. The summed E-state index contributed by atoms with van der Waals surface area (Å²) in [5.74, 6) is 2.19. The fourth-order valence-corrected chi connectivity index (χ4v) is 6.75. The predicted molar refractivity (Wildman–Crippen MR) is 153 cm³/mol. The van der Waals surface area contributed by atoms with Gasteiger partial charge in [-0.3, -0.25) is 9.69 Å². The number of anilines is 2. The second-order valence-electron chi connectivity index (χ2n) is 10.8. The molecular weight excluding hydrogens is 513 g/mol. The maximum atomic E-state index is 15.3. The molecule has 3 aromatic rings. The van der Waals surface area contributed by atoms with Gasteiger partial charge in [0.2, 0.25) is 0 Å². The number of carbonyl (C=O) groups is 1. The van der Waals surface area contributed by atoms with E-state index < -0.39 is 0 Å². The number of amides is 1. The molecule has 3 fully saturated rings. The van der Waals surface area contributed by atoms with Crippen LogP contribution in [0.3, 0.4) is 0 Å². The van der Waals surface area contributed by atoms with Crippen LogP contribution >= 0.6 is 11.3 Å². The third-order valence-electron chi connectivity index (χ3n) is 8.21. The average Bonchev–Trinajstić information content (AvgIpc) is 3.34. The molecule has 1 aliphatic carbocycles. The Balaban J connectivity index is 1.11. The Morgan fingerprint density at radius 3 is 2.54 bits per heavy atom. The highest BCUT2D eigenvalue weighted by atomic mass is 32.1. The van der Waals surface area contributed by atoms with Crippen molar-refractivity contribution in [3.8, 4) is 5.75 Å². The molecule has 3 aliphatic rings. The highest BCUT2D eigenvalue weighted by Gasteiger charge is 2.56. The van der Waals surface area contributed by atoms with E-state index >= 15 is 4.39 Å². The number of hydrogen-bond acceptors (Lipinski definition) is 6. The van der Waals surface area contributed by atoms with Crippen LogP contribution in [0.25, 0.3) is 0 Å². The lowest BCUT2D eigenvalue weighted by atomic mass is 10.1. The van der Waals surface area contributed by atoms with Crippen LogP contribution in [0.15, 0.2) is 60.0 Å². The van der Waals surface area contributed by atoms with Crippen LogP contribution in [0, 0.1) is 23.6 Å². The van der Waals surface area contributed by atoms with E-state index in [0.717, 1.165) is 38.4 Å². The van der Waals surface area contributed by atoms with Gasteiger partial charge in [0.15, 0.2) is 0 Å². The molecule has 3 heterocycles. The van der Waals surface area contributed by atoms with Gasteiger partial charge < -0.3 is 19.3 Å². The van der Waals surface area contributed by atoms with E-state index in [-0.39, 0.29) is 11.7 Å². The van der Waals surface area contributed by atoms with Gasteiger partial charge in [-0.15, -0.1) is 11.3 Å². The van der Waals surface area contributed by atoms with E-state index in [1.165, 1.54) is 23.0 Å². The topological polar surface area (TPSA) is 45.2 Å². The largest absolute Gasteiger partial charge is 0.494 e. The zero-order valence-electron chi connectivity index (χ0n) is 22.4. The Bertz CT molecular complexity index is 1250. The van der Waals surface area contributed by atoms with E-state index in [9.17, 15) is 4.79 Å². The number of rotatable bonds is 10. The van der Waals surface area contributed by atoms with Gasteiger partial charge in [-0.05, 0) is 71.5 Å². The molecule has 0 radical (unpaired) electrons. The number of piperidine rings is 1. The Hall–Kier alpha value is -2.94. The number of carbonyl (C=O) groups excluding carboxylic acids is 1. The Labute approximate surface area is 233 Å². The average molecular weight is 550 g/mol. The lowest BCUT2D eigenvalue weighted by molar-refractivity contribution is 0.0988. The first-order valence-corrected chi connectivity index (χ1v) is 14.9. The highest BCUT2D eigenvalue weighted by molar-refractivity contribution is 7.12. The maximum absolute atomic E-state index is 15.3. The summed E-state index contributed by atoms with van der Waals surface area (Å²) in [7, 11) is 0. The quantitative estimate of drug-likeness (QED) is 0.333. The van der Waals surface area contributed by atoms with Gasteiger partial charge in [0.25, 0.3) is 5.91 Å². The van der Waals surface area contributed by atoms with Crippen molar-refractivity contribution in [1.29, 1.82) is 0 Å². The summed E-state index contributed by atoms with van der Waals surface area (Å²) in [5.41, 5.74) is 2.51. The van der Waals surface area contributed by atoms with Gasteiger partial charge >= 0.3 is 0 Å². The van der Waals surface area contributed by atoms with Crippen LogP contribution < -0.4 is 14.5 Å². The molecule has 2 saturated heterocycles. The fourth-order valence-electron chi connectivity index (χ4n) is 6.08. The Morgan fingerprint density at radius 1 is 1.10 bits per heavy atom. The monoisotopic (exact) mass is 549 g/mol. The molecule has 8 heteroatoms. The molecule has 2 aromatic carbocycles. The van der Waals surface area contributed by atoms with Gasteiger partial charge in [-0.2, -0.15) is 0 Å². The smallest absolute Gasteiger partial charge is 0.268 e. The van der Waals surface area contributed by atoms with Crippen molar-refractivity contribution in [3.05, 3.63) is 76.2 Å². The second-order valence-corrected chi connectivity index (χ2v) is 11.8. The zero-order chi connectivity index (χ0) is 26.8. The first kappa shape index (κ1) is 26.3. The number of ether oxygens (including phenoxy) is 2. The van der Waals surface area contributed by atoms with Crippen molar-refractivity contribution in [1.82, 2.24) is 4.90 Å². The molecule has 39 heavy (non-hydrogen) atoms. The predicted octanol–water partition coefficient (Wildman–Crippen LogP) is 5.54. The molecule has 6 nitrogen and oxygen atoms in total. The normalized spacial score (nSPS) is 22.5. The standard InChI is InChI=1S/C31H36FN3O3S/c1-2-13-38-24-8-5-22(6-9-24)18-33-19-25-26(20-33)27(25)21-35(31(36)30-4-3-16-39-30)23-7-10-29(28(32)17-23)34-11-14-37-15-12-34/h3-10,16-17,25-27H,2,11-15,18-21H2,1H3. The minimum absolute atomic E-state index is 0.0456. The second kappa shape index (κ2) is 11.7. The minimum atomic E-state index is -0.286. The van der Waals surface area contributed by atoms with Gasteiger partial charge in [0.1, 0.15) is 11.6 Å². The van der Waals surface area contributed by atoms with E-state index in [4.69, 9.17) is 9.47 Å². The molecule has 0 bridgehead atoms. The third-order valence-corrected chi connectivity index (χ3v) is 9.07. The lowest BCUT2D eigenvalue weighted by Crippen LogP contribution is -2.37. The number of likely N-dealkylation sites (tertiary alicyclic amines) is 1. The number of fused-ring (bicyclic) bond motifs is 1. The van der Waals surface area contributed by atoms with Crippen molar-refractivity contribution in [2.75, 3.05) is 62.3 Å². The van der Waals surface area contributed by atoms with Gasteiger partial charge in [0.05, 0.1) is 30.4 Å². The van der Waals surface area contributed by atoms with E-state index in [1.54, 1.807) is 4.90 Å². The lowest BCUT2D eigenvalue weighted by Gasteiger charge is -2.30. The van der Waals surface area contributed by atoms with Crippen molar-refractivity contribution >= 4 is 28.6 Å². The summed E-state index contributed by atoms with van der Waals surface area (Å²) >= 11 is 1.44. The molecule has 0 spiro atoms. The molecular formula is C31H36FN3O3S. The molecule has 0 N–H and O–H groups in total. The first-order chi connectivity index (χ1) is 19.1. The van der Waals surface area contributed by atoms with Crippen LogP contribution in [0.1, 0.15) is 28.6 Å². The Morgan fingerprint density at radius 2 is 1.87 bits per heavy atom. The van der Waals surface area contributed by atoms with Crippen molar-refractivity contribution in [3.63, 3.8) is 0 Å². The summed E-state index contributed by atoms with van der Waals surface area (Å²) in [6.07, 6.45) is 1.00. The van der Waals surface area contributed by atoms with Crippen LogP contribution in [-0.4, -0.2) is 63.4 Å². The van der Waals surface area contributed by atoms with Crippen LogP contribution in [-0.2, 0) is 11.3 Å². The van der Waals surface area contributed by atoms with E-state index in [1.807, 2.05) is 34.5 Å². The summed E-state index contributed by atoms with van der Waals surface area (Å²) in [4.78, 5) is 20.6. The molecule has 2 atom stereocenters. The summed E-state index contributed by atoms with van der Waals surface area (Å²) < 4.78 is 26.4. The molecule has 206 valence electrons. The highest BCUT2D eigenvalue weighted by Crippen LogP contribution is 2.52. The number of thiophene rings is 1. The number of nitrogens with zero attached hydrogens (tertiary/aromatic N) is 3. The Kier molecular flexibility index (Phi) is 7.86. The van der Waals surface area contributed by atoms with E-state index in [0.29, 0.717) is 66.9 Å². The molecule has 2 unspecified atom stereocenters. The molecule has 6 rings (SSSR count). The number of hydrogen-bond donors (Lipinski definition) is 0. The summed E-state index contributed by atoms with van der Waals surface area (Å²) in [5, 5.41) is 1.92. The number of morpholine rings is 1. The van der Waals surface area contributed by atoms with Crippen LogP contribution in [0.4, 0.5) is 15.8 Å². The summed E-state index contributed by atoms with van der Waals surface area (Å²) in [6.45, 7) is 9.03. The van der Waals surface area contributed by atoms with E-state index in [2.05, 4.69) is 36.1 Å². The maximum Gasteiger partial charge on any atom is 0.268 e. The van der Waals surface area contributed by atoms with Crippen LogP contribution in [0.5, 0.6) is 5.75 Å². The molecule has 1 amide bonds. The molecule has 1 aromatic heterocycles. The SMILES string of the molecule is CCCOc1ccc(CN2CC3C(C2)C3CN(C(=O)c2cccs2)c2ccc(N3CCOCC3)c(F)c2)cc1. The zero-order valence-corrected chi connectivity index (χ0v) is 23.2. The minimum Gasteiger partial charge on any atom is -0.494 e. The first-order valence-electron chi connectivity index (χ1n) is 14.0. The van der Waals surface area contributed by atoms with Crippen molar-refractivity contribution in [2.45, 2.75) is 19.9 Å².